The van der Waals surface area contributed by atoms with Crippen LogP contribution < -0.4 is 5.32 Å². The van der Waals surface area contributed by atoms with E-state index in [1.54, 1.807) is 0 Å². The number of fused-ring (bicyclic) bond motifs is 2. The molecule has 0 aliphatic carbocycles. The molecular weight excluding hydrogens is 258 g/mol. The quantitative estimate of drug-likeness (QED) is 0.863. The summed E-state index contributed by atoms with van der Waals surface area (Å²) in [6.45, 7) is 9.57. The molecule has 0 radical (unpaired) electrons. The third kappa shape index (κ3) is 2.89. The molecule has 3 aliphatic heterocycles. The Kier molecular flexibility index (Phi) is 4.63. The normalized spacial score (nSPS) is 41.1. The van der Waals surface area contributed by atoms with E-state index in [9.17, 15) is 0 Å². The van der Waals surface area contributed by atoms with Crippen molar-refractivity contribution in [1.82, 2.24) is 15.1 Å². The van der Waals surface area contributed by atoms with Crippen LogP contribution in [0.1, 0.15) is 65.7 Å². The number of hydrogen-bond acceptors (Lipinski definition) is 3. The number of nitrogens with zero attached hydrogens (tertiary/aromatic N) is 2. The molecule has 2 bridgehead atoms. The highest BCUT2D eigenvalue weighted by Crippen LogP contribution is 2.37. The summed E-state index contributed by atoms with van der Waals surface area (Å²) >= 11 is 0. The molecule has 1 N–H and O–H groups in total. The van der Waals surface area contributed by atoms with Gasteiger partial charge in [-0.05, 0) is 52.5 Å². The average Bonchev–Trinajstić information content (AvgIpc) is 2.48. The zero-order valence-electron chi connectivity index (χ0n) is 14.6. The Balaban J connectivity index is 1.73. The van der Waals surface area contributed by atoms with E-state index < -0.39 is 0 Å². The van der Waals surface area contributed by atoms with Crippen LogP contribution in [0, 0.1) is 0 Å². The van der Waals surface area contributed by atoms with Crippen LogP contribution in [-0.4, -0.2) is 59.6 Å². The smallest absolute Gasteiger partial charge is 0.0304 e. The van der Waals surface area contributed by atoms with Crippen molar-refractivity contribution in [2.75, 3.05) is 20.1 Å². The van der Waals surface area contributed by atoms with E-state index in [0.29, 0.717) is 11.6 Å². The van der Waals surface area contributed by atoms with Gasteiger partial charge >= 0.3 is 0 Å². The van der Waals surface area contributed by atoms with Gasteiger partial charge in [0.2, 0.25) is 0 Å². The molecular formula is C18H35N3. The summed E-state index contributed by atoms with van der Waals surface area (Å²) in [4.78, 5) is 5.57. The number of hydrogen-bond donors (Lipinski definition) is 1. The minimum atomic E-state index is 0.366. The molecule has 0 amide bonds. The molecule has 21 heavy (non-hydrogen) atoms. The second-order valence-electron chi connectivity index (χ2n) is 7.92. The van der Waals surface area contributed by atoms with E-state index in [4.69, 9.17) is 0 Å². The lowest BCUT2D eigenvalue weighted by atomic mass is 9.79. The van der Waals surface area contributed by atoms with Crippen molar-refractivity contribution in [2.45, 2.75) is 95.4 Å². The standard InChI is InChI=1S/C18H35N3/c1-5-18(6-2)13-21(14(3)12-19-18)17-10-15-8-7-9-16(11-17)20(15)4/h14-17,19H,5-13H2,1-4H3. The fraction of sp³-hybridized carbons (Fsp3) is 1.00. The first kappa shape index (κ1) is 15.8. The van der Waals surface area contributed by atoms with Crippen molar-refractivity contribution in [1.29, 1.82) is 0 Å². The topological polar surface area (TPSA) is 18.5 Å². The summed E-state index contributed by atoms with van der Waals surface area (Å²) in [5.74, 6) is 0. The van der Waals surface area contributed by atoms with Crippen LogP contribution in [0.2, 0.25) is 0 Å². The minimum Gasteiger partial charge on any atom is -0.308 e. The largest absolute Gasteiger partial charge is 0.308 e. The second-order valence-corrected chi connectivity index (χ2v) is 7.92. The van der Waals surface area contributed by atoms with Gasteiger partial charge in [-0.2, -0.15) is 0 Å². The lowest BCUT2D eigenvalue weighted by Crippen LogP contribution is -2.67. The maximum absolute atomic E-state index is 3.86. The molecule has 0 spiro atoms. The van der Waals surface area contributed by atoms with Crippen LogP contribution >= 0.6 is 0 Å². The molecule has 3 atom stereocenters. The van der Waals surface area contributed by atoms with E-state index in [-0.39, 0.29) is 0 Å². The van der Waals surface area contributed by atoms with Gasteiger partial charge in [-0.1, -0.05) is 20.3 Å². The number of piperazine rings is 1. The second kappa shape index (κ2) is 6.17. The molecule has 0 aromatic rings. The molecule has 3 nitrogen and oxygen atoms in total. The minimum absolute atomic E-state index is 0.366. The zero-order chi connectivity index (χ0) is 15.0. The summed E-state index contributed by atoms with van der Waals surface area (Å²) in [6, 6.07) is 3.22. The summed E-state index contributed by atoms with van der Waals surface area (Å²) < 4.78 is 0. The molecule has 122 valence electrons. The molecule has 3 saturated heterocycles. The van der Waals surface area contributed by atoms with Crippen molar-refractivity contribution in [2.24, 2.45) is 0 Å². The van der Waals surface area contributed by atoms with E-state index in [1.807, 2.05) is 0 Å². The van der Waals surface area contributed by atoms with Crippen LogP contribution in [0.25, 0.3) is 0 Å². The van der Waals surface area contributed by atoms with Gasteiger partial charge in [0.15, 0.2) is 0 Å². The highest BCUT2D eigenvalue weighted by atomic mass is 15.3. The Morgan fingerprint density at radius 3 is 2.24 bits per heavy atom. The molecule has 3 fully saturated rings. The fourth-order valence-electron chi connectivity index (χ4n) is 5.11. The molecule has 3 unspecified atom stereocenters. The van der Waals surface area contributed by atoms with E-state index in [2.05, 4.69) is 42.9 Å². The number of piperidine rings is 2. The maximum Gasteiger partial charge on any atom is 0.0304 e. The summed E-state index contributed by atoms with van der Waals surface area (Å²) in [5.41, 5.74) is 0.366. The van der Waals surface area contributed by atoms with Gasteiger partial charge in [0.05, 0.1) is 0 Å². The van der Waals surface area contributed by atoms with Gasteiger partial charge < -0.3 is 10.2 Å². The Morgan fingerprint density at radius 2 is 1.67 bits per heavy atom. The molecule has 3 rings (SSSR count). The van der Waals surface area contributed by atoms with Crippen molar-refractivity contribution in [3.8, 4) is 0 Å². The van der Waals surface area contributed by atoms with Crippen LogP contribution in [0.4, 0.5) is 0 Å². The first-order chi connectivity index (χ1) is 10.1. The van der Waals surface area contributed by atoms with Gasteiger partial charge in [0.1, 0.15) is 0 Å². The highest BCUT2D eigenvalue weighted by Gasteiger charge is 2.43. The van der Waals surface area contributed by atoms with Gasteiger partial charge in [-0.25, -0.2) is 0 Å². The van der Waals surface area contributed by atoms with Crippen molar-refractivity contribution < 1.29 is 0 Å². The molecule has 3 heterocycles. The van der Waals surface area contributed by atoms with Gasteiger partial charge in [0, 0.05) is 42.8 Å². The Morgan fingerprint density at radius 1 is 1.05 bits per heavy atom. The van der Waals surface area contributed by atoms with E-state index >= 15 is 0 Å². The van der Waals surface area contributed by atoms with Gasteiger partial charge in [-0.3, -0.25) is 4.90 Å². The van der Waals surface area contributed by atoms with Crippen LogP contribution in [0.5, 0.6) is 0 Å². The third-order valence-electron chi connectivity index (χ3n) is 6.96. The van der Waals surface area contributed by atoms with E-state index in [1.165, 1.54) is 58.0 Å². The molecule has 0 aromatic heterocycles. The summed E-state index contributed by atoms with van der Waals surface area (Å²) in [5, 5.41) is 3.86. The lowest BCUT2D eigenvalue weighted by molar-refractivity contribution is -0.0298. The number of nitrogens with one attached hydrogen (secondary N) is 1. The first-order valence-electron chi connectivity index (χ1n) is 9.31. The first-order valence-corrected chi connectivity index (χ1v) is 9.31. The maximum atomic E-state index is 3.86. The molecule has 0 aromatic carbocycles. The van der Waals surface area contributed by atoms with E-state index in [0.717, 1.165) is 18.1 Å². The van der Waals surface area contributed by atoms with Crippen molar-refractivity contribution in [3.63, 3.8) is 0 Å². The van der Waals surface area contributed by atoms with Crippen molar-refractivity contribution in [3.05, 3.63) is 0 Å². The van der Waals surface area contributed by atoms with Crippen LogP contribution in [0.3, 0.4) is 0 Å². The predicted octanol–water partition coefficient (Wildman–Crippen LogP) is 2.85. The predicted molar refractivity (Wildman–Crippen MR) is 89.7 cm³/mol. The van der Waals surface area contributed by atoms with Crippen molar-refractivity contribution >= 4 is 0 Å². The number of rotatable bonds is 3. The average molecular weight is 293 g/mol. The Labute approximate surface area is 131 Å². The zero-order valence-corrected chi connectivity index (χ0v) is 14.6. The summed E-state index contributed by atoms with van der Waals surface area (Å²) in [6.07, 6.45) is 9.63. The Bertz CT molecular complexity index is 338. The molecule has 0 saturated carbocycles. The molecule has 3 aliphatic rings. The molecule has 3 heteroatoms. The lowest BCUT2D eigenvalue weighted by Gasteiger charge is -2.55. The fourth-order valence-corrected chi connectivity index (χ4v) is 5.11. The summed E-state index contributed by atoms with van der Waals surface area (Å²) in [7, 11) is 2.37. The van der Waals surface area contributed by atoms with Gasteiger partial charge in [-0.15, -0.1) is 0 Å². The Hall–Kier alpha value is -0.120. The highest BCUT2D eigenvalue weighted by molar-refractivity contribution is 5.01. The van der Waals surface area contributed by atoms with Crippen LogP contribution in [0.15, 0.2) is 0 Å². The SMILES string of the molecule is CCC1(CC)CN(C2CC3CCCC(C2)N3C)C(C)CN1. The monoisotopic (exact) mass is 293 g/mol. The van der Waals surface area contributed by atoms with Crippen LogP contribution in [-0.2, 0) is 0 Å². The third-order valence-corrected chi connectivity index (χ3v) is 6.96. The van der Waals surface area contributed by atoms with Gasteiger partial charge in [0.25, 0.3) is 0 Å².